The molecule has 5 rings (SSSR count). The standard InChI is InChI=1S/C25H25N5O/c1-3-17-13-19-20(16-28-29-22(19)14-24(17)31-2)18-9-10-25(27-15-18)30-12-6-8-23(30)21-7-4-5-11-26-21/h4-5,7,9-11,13-16,23H,3,6,8,12H2,1-2H3. The number of anilines is 1. The second-order valence-corrected chi connectivity index (χ2v) is 7.80. The van der Waals surface area contributed by atoms with Gasteiger partial charge in [0.05, 0.1) is 30.6 Å². The summed E-state index contributed by atoms with van der Waals surface area (Å²) in [7, 11) is 1.69. The Bertz CT molecular complexity index is 1190. The summed E-state index contributed by atoms with van der Waals surface area (Å²) in [5.41, 5.74) is 5.15. The molecule has 4 aromatic rings. The predicted molar refractivity (Wildman–Crippen MR) is 122 cm³/mol. The summed E-state index contributed by atoms with van der Waals surface area (Å²) >= 11 is 0. The van der Waals surface area contributed by atoms with Crippen LogP contribution < -0.4 is 9.64 Å². The average Bonchev–Trinajstić information content (AvgIpc) is 3.33. The molecule has 1 saturated heterocycles. The lowest BCUT2D eigenvalue weighted by Crippen LogP contribution is -2.24. The van der Waals surface area contributed by atoms with Gasteiger partial charge in [-0.2, -0.15) is 10.2 Å². The molecular weight excluding hydrogens is 386 g/mol. The van der Waals surface area contributed by atoms with Gasteiger partial charge in [-0.15, -0.1) is 0 Å². The second-order valence-electron chi connectivity index (χ2n) is 7.80. The fourth-order valence-electron chi connectivity index (χ4n) is 4.46. The summed E-state index contributed by atoms with van der Waals surface area (Å²) in [5.74, 6) is 1.84. The first-order valence-corrected chi connectivity index (χ1v) is 10.7. The van der Waals surface area contributed by atoms with E-state index in [-0.39, 0.29) is 6.04 Å². The van der Waals surface area contributed by atoms with E-state index in [0.29, 0.717) is 0 Å². The third-order valence-electron chi connectivity index (χ3n) is 6.06. The van der Waals surface area contributed by atoms with Gasteiger partial charge in [-0.25, -0.2) is 4.98 Å². The number of methoxy groups -OCH3 is 1. The number of hydrogen-bond donors (Lipinski definition) is 0. The highest BCUT2D eigenvalue weighted by Gasteiger charge is 2.28. The minimum atomic E-state index is 0.280. The molecule has 0 bridgehead atoms. The van der Waals surface area contributed by atoms with Crippen LogP contribution in [0.25, 0.3) is 22.0 Å². The van der Waals surface area contributed by atoms with Crippen molar-refractivity contribution in [1.29, 1.82) is 0 Å². The molecule has 0 spiro atoms. The molecule has 1 aromatic carbocycles. The smallest absolute Gasteiger partial charge is 0.129 e. The van der Waals surface area contributed by atoms with Crippen LogP contribution in [0, 0.1) is 0 Å². The number of rotatable bonds is 5. The van der Waals surface area contributed by atoms with Crippen LogP contribution in [0.3, 0.4) is 0 Å². The number of benzene rings is 1. The normalized spacial score (nSPS) is 16.1. The van der Waals surface area contributed by atoms with Crippen LogP contribution in [0.1, 0.15) is 37.1 Å². The van der Waals surface area contributed by atoms with E-state index in [1.54, 1.807) is 7.11 Å². The van der Waals surface area contributed by atoms with Crippen molar-refractivity contribution in [3.8, 4) is 16.9 Å². The molecule has 3 aromatic heterocycles. The molecule has 0 N–H and O–H groups in total. The van der Waals surface area contributed by atoms with Crippen molar-refractivity contribution >= 4 is 16.7 Å². The Balaban J connectivity index is 1.50. The Kier molecular flexibility index (Phi) is 5.20. The summed E-state index contributed by atoms with van der Waals surface area (Å²) < 4.78 is 5.52. The molecule has 0 saturated carbocycles. The summed E-state index contributed by atoms with van der Waals surface area (Å²) in [5, 5.41) is 9.59. The lowest BCUT2D eigenvalue weighted by atomic mass is 10.0. The van der Waals surface area contributed by atoms with Gasteiger partial charge in [0.1, 0.15) is 11.6 Å². The summed E-state index contributed by atoms with van der Waals surface area (Å²) in [6.45, 7) is 3.12. The Hall–Kier alpha value is -3.54. The van der Waals surface area contributed by atoms with Crippen LogP contribution in [-0.2, 0) is 6.42 Å². The predicted octanol–water partition coefficient (Wildman–Crippen LogP) is 5.00. The zero-order chi connectivity index (χ0) is 21.2. The van der Waals surface area contributed by atoms with Crippen molar-refractivity contribution in [1.82, 2.24) is 20.2 Å². The van der Waals surface area contributed by atoms with Gasteiger partial charge in [0.15, 0.2) is 0 Å². The fourth-order valence-corrected chi connectivity index (χ4v) is 4.46. The average molecular weight is 412 g/mol. The third-order valence-corrected chi connectivity index (χ3v) is 6.06. The number of aromatic nitrogens is 4. The Morgan fingerprint density at radius 3 is 2.77 bits per heavy atom. The monoisotopic (exact) mass is 411 g/mol. The molecule has 1 atom stereocenters. The minimum Gasteiger partial charge on any atom is -0.496 e. The van der Waals surface area contributed by atoms with Crippen LogP contribution in [0.15, 0.2) is 61.1 Å². The Morgan fingerprint density at radius 1 is 1.10 bits per heavy atom. The fraction of sp³-hybridized carbons (Fsp3) is 0.280. The van der Waals surface area contributed by atoms with E-state index in [2.05, 4.69) is 57.3 Å². The molecule has 0 aliphatic carbocycles. The van der Waals surface area contributed by atoms with Gasteiger partial charge in [0.25, 0.3) is 0 Å². The molecule has 1 unspecified atom stereocenters. The molecular formula is C25H25N5O. The number of hydrogen-bond acceptors (Lipinski definition) is 6. The maximum absolute atomic E-state index is 5.52. The largest absolute Gasteiger partial charge is 0.496 e. The maximum Gasteiger partial charge on any atom is 0.129 e. The van der Waals surface area contributed by atoms with Gasteiger partial charge in [-0.1, -0.05) is 13.0 Å². The number of nitrogens with zero attached hydrogens (tertiary/aromatic N) is 5. The van der Waals surface area contributed by atoms with E-state index in [1.807, 2.05) is 30.7 Å². The van der Waals surface area contributed by atoms with Gasteiger partial charge in [0.2, 0.25) is 0 Å². The summed E-state index contributed by atoms with van der Waals surface area (Å²) in [4.78, 5) is 11.7. The Labute approximate surface area is 181 Å². The number of aryl methyl sites for hydroxylation is 1. The van der Waals surface area contributed by atoms with E-state index < -0.39 is 0 Å². The van der Waals surface area contributed by atoms with Crippen LogP contribution in [0.4, 0.5) is 5.82 Å². The SMILES string of the molecule is CCc1cc2c(-c3ccc(N4CCCC4c4ccccn4)nc3)cnnc2cc1OC. The van der Waals surface area contributed by atoms with Gasteiger partial charge in [-0.3, -0.25) is 4.98 Å². The number of pyridine rings is 2. The molecule has 4 heterocycles. The molecule has 0 radical (unpaired) electrons. The zero-order valence-corrected chi connectivity index (χ0v) is 17.8. The van der Waals surface area contributed by atoms with Crippen molar-refractivity contribution in [3.63, 3.8) is 0 Å². The van der Waals surface area contributed by atoms with Crippen LogP contribution in [0.2, 0.25) is 0 Å². The van der Waals surface area contributed by atoms with E-state index in [1.165, 1.54) is 0 Å². The molecule has 0 amide bonds. The van der Waals surface area contributed by atoms with Crippen LogP contribution >= 0.6 is 0 Å². The molecule has 6 heteroatoms. The van der Waals surface area contributed by atoms with Gasteiger partial charge in [0, 0.05) is 41.5 Å². The topological polar surface area (TPSA) is 64.0 Å². The Morgan fingerprint density at radius 2 is 2.03 bits per heavy atom. The molecule has 1 aliphatic heterocycles. The van der Waals surface area contributed by atoms with Crippen molar-refractivity contribution in [2.45, 2.75) is 32.2 Å². The lowest BCUT2D eigenvalue weighted by molar-refractivity contribution is 0.410. The second kappa shape index (κ2) is 8.30. The summed E-state index contributed by atoms with van der Waals surface area (Å²) in [6, 6.07) is 14.8. The van der Waals surface area contributed by atoms with E-state index in [4.69, 9.17) is 9.72 Å². The van der Waals surface area contributed by atoms with Gasteiger partial charge >= 0.3 is 0 Å². The van der Waals surface area contributed by atoms with Crippen molar-refractivity contribution in [2.24, 2.45) is 0 Å². The van der Waals surface area contributed by atoms with Crippen LogP contribution in [-0.4, -0.2) is 33.8 Å². The van der Waals surface area contributed by atoms with E-state index in [0.717, 1.165) is 70.7 Å². The molecule has 1 aliphatic rings. The first-order chi connectivity index (χ1) is 15.3. The highest BCUT2D eigenvalue weighted by molar-refractivity contribution is 5.95. The highest BCUT2D eigenvalue weighted by atomic mass is 16.5. The van der Waals surface area contributed by atoms with E-state index in [9.17, 15) is 0 Å². The minimum absolute atomic E-state index is 0.280. The van der Waals surface area contributed by atoms with Crippen LogP contribution in [0.5, 0.6) is 5.75 Å². The third kappa shape index (κ3) is 3.58. The maximum atomic E-state index is 5.52. The summed E-state index contributed by atoms with van der Waals surface area (Å²) in [6.07, 6.45) is 8.75. The van der Waals surface area contributed by atoms with Crippen molar-refractivity contribution in [3.05, 3.63) is 72.3 Å². The molecule has 31 heavy (non-hydrogen) atoms. The van der Waals surface area contributed by atoms with Crippen molar-refractivity contribution in [2.75, 3.05) is 18.6 Å². The molecule has 1 fully saturated rings. The number of fused-ring (bicyclic) bond motifs is 1. The first-order valence-electron chi connectivity index (χ1n) is 10.7. The first kappa shape index (κ1) is 19.4. The quantitative estimate of drug-likeness (QED) is 0.460. The highest BCUT2D eigenvalue weighted by Crippen LogP contribution is 2.36. The molecule has 6 nitrogen and oxygen atoms in total. The zero-order valence-electron chi connectivity index (χ0n) is 17.8. The van der Waals surface area contributed by atoms with Gasteiger partial charge < -0.3 is 9.64 Å². The number of ether oxygens (including phenoxy) is 1. The molecule has 156 valence electrons. The van der Waals surface area contributed by atoms with E-state index >= 15 is 0 Å². The van der Waals surface area contributed by atoms with Gasteiger partial charge in [-0.05, 0) is 55.2 Å². The lowest BCUT2D eigenvalue weighted by Gasteiger charge is -2.25. The van der Waals surface area contributed by atoms with Crippen molar-refractivity contribution < 1.29 is 4.74 Å².